The molecule has 1 aromatic carbocycles. The topological polar surface area (TPSA) is 41.5 Å². The van der Waals surface area contributed by atoms with Crippen LogP contribution in [0.1, 0.15) is 38.2 Å². The summed E-state index contributed by atoms with van der Waals surface area (Å²) < 4.78 is 5.60. The summed E-state index contributed by atoms with van der Waals surface area (Å²) >= 11 is 0. The molecule has 0 aliphatic heterocycles. The van der Waals surface area contributed by atoms with Gasteiger partial charge in [0.1, 0.15) is 0 Å². The van der Waals surface area contributed by atoms with E-state index in [1.165, 1.54) is 25.7 Å². The Morgan fingerprint density at radius 2 is 2.05 bits per heavy atom. The zero-order chi connectivity index (χ0) is 15.4. The lowest BCUT2D eigenvalue weighted by Crippen LogP contribution is -2.41. The molecule has 3 heteroatoms. The second-order valence-corrected chi connectivity index (χ2v) is 7.19. The summed E-state index contributed by atoms with van der Waals surface area (Å²) in [6.07, 6.45) is 5.28. The van der Waals surface area contributed by atoms with E-state index in [0.717, 1.165) is 23.3 Å². The molecule has 0 saturated heterocycles. The van der Waals surface area contributed by atoms with Crippen LogP contribution in [0.2, 0.25) is 0 Å². The van der Waals surface area contributed by atoms with Crippen molar-refractivity contribution in [3.8, 4) is 0 Å². The van der Waals surface area contributed by atoms with E-state index >= 15 is 0 Å². The van der Waals surface area contributed by atoms with Crippen molar-refractivity contribution in [3.63, 3.8) is 0 Å². The SMILES string of the molecule is C[C@H](NC[C@@H](O)COCc1ccccc1)[C@@H]1C[C@H]2CC[C@H]1C2. The molecule has 0 heterocycles. The second-order valence-electron chi connectivity index (χ2n) is 7.19. The molecule has 0 radical (unpaired) electrons. The van der Waals surface area contributed by atoms with Crippen molar-refractivity contribution in [2.45, 2.75) is 51.4 Å². The Morgan fingerprint density at radius 3 is 2.73 bits per heavy atom. The van der Waals surface area contributed by atoms with E-state index < -0.39 is 6.10 Å². The lowest BCUT2D eigenvalue weighted by molar-refractivity contribution is 0.0263. The Morgan fingerprint density at radius 1 is 1.23 bits per heavy atom. The van der Waals surface area contributed by atoms with Gasteiger partial charge in [0.25, 0.3) is 0 Å². The Kier molecular flexibility index (Phi) is 5.51. The van der Waals surface area contributed by atoms with Crippen molar-refractivity contribution in [3.05, 3.63) is 35.9 Å². The first-order chi connectivity index (χ1) is 10.7. The molecule has 2 fully saturated rings. The lowest BCUT2D eigenvalue weighted by Gasteiger charge is -2.29. The molecule has 2 N–H and O–H groups in total. The van der Waals surface area contributed by atoms with Crippen LogP contribution in [-0.2, 0) is 11.3 Å². The van der Waals surface area contributed by atoms with Gasteiger partial charge in [0.2, 0.25) is 0 Å². The van der Waals surface area contributed by atoms with Crippen molar-refractivity contribution in [2.24, 2.45) is 17.8 Å². The lowest BCUT2D eigenvalue weighted by atomic mass is 9.84. The quantitative estimate of drug-likeness (QED) is 0.776. The van der Waals surface area contributed by atoms with E-state index in [1.54, 1.807) is 0 Å². The van der Waals surface area contributed by atoms with Gasteiger partial charge in [-0.25, -0.2) is 0 Å². The van der Waals surface area contributed by atoms with Crippen LogP contribution in [0.4, 0.5) is 0 Å². The summed E-state index contributed by atoms with van der Waals surface area (Å²) in [5.41, 5.74) is 1.15. The minimum absolute atomic E-state index is 0.394. The van der Waals surface area contributed by atoms with Gasteiger partial charge in [-0.2, -0.15) is 0 Å². The fourth-order valence-electron chi connectivity index (χ4n) is 4.33. The molecule has 1 aromatic rings. The van der Waals surface area contributed by atoms with E-state index in [9.17, 15) is 5.11 Å². The molecule has 3 rings (SSSR count). The van der Waals surface area contributed by atoms with Crippen LogP contribution >= 0.6 is 0 Å². The van der Waals surface area contributed by atoms with Gasteiger partial charge in [-0.05, 0) is 49.5 Å². The van der Waals surface area contributed by atoms with Crippen molar-refractivity contribution in [2.75, 3.05) is 13.2 Å². The normalized spacial score (nSPS) is 29.6. The molecular formula is C19H29NO2. The average Bonchev–Trinajstić information content (AvgIpc) is 3.17. The minimum Gasteiger partial charge on any atom is -0.389 e. The van der Waals surface area contributed by atoms with Gasteiger partial charge in [-0.1, -0.05) is 36.8 Å². The molecule has 2 saturated carbocycles. The summed E-state index contributed by atoms with van der Waals surface area (Å²) in [6.45, 7) is 3.87. The number of aliphatic hydroxyl groups excluding tert-OH is 1. The van der Waals surface area contributed by atoms with Crippen molar-refractivity contribution >= 4 is 0 Å². The second kappa shape index (κ2) is 7.58. The van der Waals surface area contributed by atoms with Gasteiger partial charge in [-0.15, -0.1) is 0 Å². The van der Waals surface area contributed by atoms with Gasteiger partial charge in [0.05, 0.1) is 19.3 Å². The molecule has 2 aliphatic carbocycles. The average molecular weight is 303 g/mol. The van der Waals surface area contributed by atoms with Crippen LogP contribution in [-0.4, -0.2) is 30.4 Å². The molecule has 0 unspecified atom stereocenters. The summed E-state index contributed by atoms with van der Waals surface area (Å²) in [6, 6.07) is 10.6. The monoisotopic (exact) mass is 303 g/mol. The molecule has 0 amide bonds. The smallest absolute Gasteiger partial charge is 0.0897 e. The molecule has 0 aromatic heterocycles. The first-order valence-corrected chi connectivity index (χ1v) is 8.75. The fourth-order valence-corrected chi connectivity index (χ4v) is 4.33. The molecule has 122 valence electrons. The van der Waals surface area contributed by atoms with Crippen molar-refractivity contribution < 1.29 is 9.84 Å². The van der Waals surface area contributed by atoms with Gasteiger partial charge in [0.15, 0.2) is 0 Å². The van der Waals surface area contributed by atoms with E-state index in [2.05, 4.69) is 12.2 Å². The van der Waals surface area contributed by atoms with Crippen LogP contribution in [0, 0.1) is 17.8 Å². The number of hydrogen-bond acceptors (Lipinski definition) is 3. The predicted octanol–water partition coefficient (Wildman–Crippen LogP) is 2.98. The number of aliphatic hydroxyl groups is 1. The first kappa shape index (κ1) is 16.0. The standard InChI is InChI=1S/C19H29NO2/c1-14(19-10-16-7-8-17(19)9-16)20-11-18(21)13-22-12-15-5-3-2-4-6-15/h2-6,14,16-21H,7-13H2,1H3/t14-,16-,17-,18+,19-/m0/s1. The zero-order valence-electron chi connectivity index (χ0n) is 13.6. The van der Waals surface area contributed by atoms with E-state index in [4.69, 9.17) is 4.74 Å². The molecule has 2 bridgehead atoms. The number of fused-ring (bicyclic) bond motifs is 2. The summed E-state index contributed by atoms with van der Waals surface area (Å²) in [5, 5.41) is 13.6. The van der Waals surface area contributed by atoms with Crippen LogP contribution in [0.25, 0.3) is 0 Å². The minimum atomic E-state index is -0.426. The van der Waals surface area contributed by atoms with Gasteiger partial charge >= 0.3 is 0 Å². The molecule has 0 spiro atoms. The Hall–Kier alpha value is -0.900. The molecule has 3 nitrogen and oxygen atoms in total. The van der Waals surface area contributed by atoms with E-state index in [1.807, 2.05) is 30.3 Å². The third-order valence-corrected chi connectivity index (χ3v) is 5.53. The number of nitrogens with one attached hydrogen (secondary N) is 1. The van der Waals surface area contributed by atoms with Crippen molar-refractivity contribution in [1.82, 2.24) is 5.32 Å². The zero-order valence-corrected chi connectivity index (χ0v) is 13.6. The number of hydrogen-bond donors (Lipinski definition) is 2. The maximum atomic E-state index is 10.1. The predicted molar refractivity (Wildman–Crippen MR) is 88.5 cm³/mol. The van der Waals surface area contributed by atoms with Crippen LogP contribution in [0.3, 0.4) is 0 Å². The highest BCUT2D eigenvalue weighted by atomic mass is 16.5. The maximum Gasteiger partial charge on any atom is 0.0897 e. The number of ether oxygens (including phenoxy) is 1. The van der Waals surface area contributed by atoms with Crippen LogP contribution < -0.4 is 5.32 Å². The third-order valence-electron chi connectivity index (χ3n) is 5.53. The highest BCUT2D eigenvalue weighted by molar-refractivity contribution is 5.13. The number of rotatable bonds is 8. The van der Waals surface area contributed by atoms with Gasteiger partial charge < -0.3 is 15.2 Å². The highest BCUT2D eigenvalue weighted by Crippen LogP contribution is 2.49. The Balaban J connectivity index is 1.31. The highest BCUT2D eigenvalue weighted by Gasteiger charge is 2.41. The molecule has 5 atom stereocenters. The van der Waals surface area contributed by atoms with Crippen LogP contribution in [0.5, 0.6) is 0 Å². The number of benzene rings is 1. The summed E-state index contributed by atoms with van der Waals surface area (Å²) in [5.74, 6) is 2.73. The Bertz CT molecular complexity index is 450. The van der Waals surface area contributed by atoms with Gasteiger partial charge in [0, 0.05) is 12.6 Å². The molecule has 2 aliphatic rings. The summed E-state index contributed by atoms with van der Waals surface area (Å²) in [7, 11) is 0. The van der Waals surface area contributed by atoms with E-state index in [-0.39, 0.29) is 0 Å². The molecule has 22 heavy (non-hydrogen) atoms. The first-order valence-electron chi connectivity index (χ1n) is 8.75. The Labute approximate surface area is 134 Å². The van der Waals surface area contributed by atoms with E-state index in [0.29, 0.717) is 25.8 Å². The maximum absolute atomic E-state index is 10.1. The third kappa shape index (κ3) is 4.09. The molecular weight excluding hydrogens is 274 g/mol. The van der Waals surface area contributed by atoms with Crippen molar-refractivity contribution in [1.29, 1.82) is 0 Å². The van der Waals surface area contributed by atoms with Gasteiger partial charge in [-0.3, -0.25) is 0 Å². The summed E-state index contributed by atoms with van der Waals surface area (Å²) in [4.78, 5) is 0. The van der Waals surface area contributed by atoms with Crippen LogP contribution in [0.15, 0.2) is 30.3 Å². The fraction of sp³-hybridized carbons (Fsp3) is 0.684. The largest absolute Gasteiger partial charge is 0.389 e.